The van der Waals surface area contributed by atoms with E-state index in [1.165, 1.54) is 0 Å². The molecule has 1 rings (SSSR count). The summed E-state index contributed by atoms with van der Waals surface area (Å²) in [5.41, 5.74) is 22.0. The topological polar surface area (TPSA) is 225 Å². The van der Waals surface area contributed by atoms with Gasteiger partial charge in [-0.25, -0.2) is 14.4 Å². The van der Waals surface area contributed by atoms with Gasteiger partial charge in [0.2, 0.25) is 0 Å². The predicted octanol–water partition coefficient (Wildman–Crippen LogP) is 3.87. The molecule has 0 aromatic heterocycles. The van der Waals surface area contributed by atoms with Gasteiger partial charge in [0.25, 0.3) is 0 Å². The summed E-state index contributed by atoms with van der Waals surface area (Å²) in [6.07, 6.45) is 0. The second-order valence-electron chi connectivity index (χ2n) is 4.21. The smallest absolute Gasteiger partial charge is 0.338 e. The molecule has 0 unspecified atom stereocenters. The van der Waals surface area contributed by atoms with Crippen molar-refractivity contribution >= 4 is 35.0 Å². The minimum absolute atomic E-state index is 0.728. The highest BCUT2D eigenvalue weighted by atomic mass is 16.5. The summed E-state index contributed by atoms with van der Waals surface area (Å²) in [4.78, 5) is 44.1. The Kier molecular flexibility index (Phi) is 6.98. The number of methoxy groups -OCH3 is 3. The number of azide groups is 3. The molecule has 1 aromatic carbocycles. The fraction of sp³-hybridized carbons (Fsp3) is 0.250. The van der Waals surface area contributed by atoms with Gasteiger partial charge in [0, 0.05) is 14.7 Å². The molecule has 27 heavy (non-hydrogen) atoms. The average molecular weight is 375 g/mol. The molecular weight excluding hydrogens is 366 g/mol. The molecule has 0 aliphatic rings. The van der Waals surface area contributed by atoms with Gasteiger partial charge in [0.1, 0.15) is 0 Å². The molecule has 0 bridgehead atoms. The van der Waals surface area contributed by atoms with Crippen molar-refractivity contribution in [2.45, 2.75) is 0 Å². The van der Waals surface area contributed by atoms with Crippen LogP contribution in [0.5, 0.6) is 0 Å². The molecule has 0 amide bonds. The van der Waals surface area contributed by atoms with Crippen LogP contribution in [0.2, 0.25) is 0 Å². The summed E-state index contributed by atoms with van der Waals surface area (Å²) in [6.45, 7) is 0. The van der Waals surface area contributed by atoms with Crippen LogP contribution in [0, 0.1) is 0 Å². The first-order chi connectivity index (χ1) is 12.9. The van der Waals surface area contributed by atoms with Gasteiger partial charge in [-0.2, -0.15) is 0 Å². The second kappa shape index (κ2) is 9.15. The Balaban J connectivity index is 4.50. The molecule has 0 aliphatic carbocycles. The molecule has 15 nitrogen and oxygen atoms in total. The number of carbonyl (C=O) groups is 3. The van der Waals surface area contributed by atoms with Crippen molar-refractivity contribution in [3.05, 3.63) is 48.0 Å². The first kappa shape index (κ1) is 20.6. The zero-order valence-corrected chi connectivity index (χ0v) is 14.0. The minimum atomic E-state index is -1.22. The lowest BCUT2D eigenvalue weighted by Crippen LogP contribution is -2.13. The summed E-state index contributed by atoms with van der Waals surface area (Å²) >= 11 is 0. The summed E-state index contributed by atoms with van der Waals surface area (Å²) in [7, 11) is 2.83. The molecule has 0 fully saturated rings. The van der Waals surface area contributed by atoms with E-state index in [4.69, 9.17) is 16.6 Å². The lowest BCUT2D eigenvalue weighted by molar-refractivity contribution is 0.0602. The Morgan fingerprint density at radius 2 is 0.852 bits per heavy atom. The SMILES string of the molecule is COC(=O)c1c(N=[N+]=[N-])c(C(=O)OC)c(N=[N+]=[N-])c(C(=O)OC)c1N=[N+]=[N-]. The molecule has 1 aromatic rings. The van der Waals surface area contributed by atoms with Crippen LogP contribution >= 0.6 is 0 Å². The normalized spacial score (nSPS) is 9.00. The van der Waals surface area contributed by atoms with Gasteiger partial charge >= 0.3 is 17.9 Å². The van der Waals surface area contributed by atoms with E-state index in [-0.39, 0.29) is 0 Å². The fourth-order valence-electron chi connectivity index (χ4n) is 2.03. The second-order valence-corrected chi connectivity index (χ2v) is 4.21. The Labute approximate surface area is 149 Å². The highest BCUT2D eigenvalue weighted by Crippen LogP contribution is 2.45. The highest BCUT2D eigenvalue weighted by molar-refractivity contribution is 6.17. The number of esters is 3. The van der Waals surface area contributed by atoms with Crippen molar-refractivity contribution in [1.82, 2.24) is 0 Å². The number of hydrogen-bond donors (Lipinski definition) is 0. The third-order valence-corrected chi connectivity index (χ3v) is 3.02. The molecule has 0 spiro atoms. The maximum absolute atomic E-state index is 12.2. The fourth-order valence-corrected chi connectivity index (χ4v) is 2.03. The summed E-state index contributed by atoms with van der Waals surface area (Å²) in [5.74, 6) is -3.66. The zero-order valence-electron chi connectivity index (χ0n) is 14.0. The number of nitrogens with zero attached hydrogens (tertiary/aromatic N) is 9. The summed E-state index contributed by atoms with van der Waals surface area (Å²) in [5, 5.41) is 9.65. The van der Waals surface area contributed by atoms with Crippen molar-refractivity contribution in [2.24, 2.45) is 15.3 Å². The third kappa shape index (κ3) is 3.81. The van der Waals surface area contributed by atoms with Crippen LogP contribution in [0.4, 0.5) is 17.1 Å². The molecule has 0 aliphatic heterocycles. The molecule has 0 atom stereocenters. The number of rotatable bonds is 6. The quantitative estimate of drug-likeness (QED) is 0.235. The first-order valence-electron chi connectivity index (χ1n) is 6.57. The van der Waals surface area contributed by atoms with E-state index in [9.17, 15) is 14.4 Å². The van der Waals surface area contributed by atoms with Gasteiger partial charge in [-0.15, -0.1) is 0 Å². The molecule has 0 heterocycles. The van der Waals surface area contributed by atoms with Crippen molar-refractivity contribution < 1.29 is 28.6 Å². The zero-order chi connectivity index (χ0) is 20.6. The van der Waals surface area contributed by atoms with Crippen molar-refractivity contribution in [3.8, 4) is 0 Å². The summed E-state index contributed by atoms with van der Waals surface area (Å²) < 4.78 is 13.6. The van der Waals surface area contributed by atoms with Crippen molar-refractivity contribution in [1.29, 1.82) is 0 Å². The molecule has 138 valence electrons. The van der Waals surface area contributed by atoms with E-state index in [1.807, 2.05) is 0 Å². The number of benzene rings is 1. The van der Waals surface area contributed by atoms with Crippen LogP contribution in [0.25, 0.3) is 31.3 Å². The van der Waals surface area contributed by atoms with Gasteiger partial charge < -0.3 is 14.2 Å². The van der Waals surface area contributed by atoms with Gasteiger partial charge in [0.15, 0.2) is 0 Å². The van der Waals surface area contributed by atoms with Gasteiger partial charge in [0.05, 0.1) is 55.1 Å². The van der Waals surface area contributed by atoms with E-state index in [1.54, 1.807) is 0 Å². The van der Waals surface area contributed by atoms with Crippen LogP contribution in [0.15, 0.2) is 15.3 Å². The Morgan fingerprint density at radius 1 is 0.630 bits per heavy atom. The molecule has 0 N–H and O–H groups in total. The van der Waals surface area contributed by atoms with Crippen LogP contribution in [-0.2, 0) is 14.2 Å². The standard InChI is InChI=1S/C12H9N9O6/c1-25-10(22)4-7(16-19-13)5(11(23)26-2)9(18-21-15)6(12(24)27-3)8(4)17-20-14/h1-3H3. The molecule has 0 saturated carbocycles. The molecule has 0 radical (unpaired) electrons. The molecular formula is C12H9N9O6. The van der Waals surface area contributed by atoms with E-state index < -0.39 is 51.7 Å². The van der Waals surface area contributed by atoms with E-state index in [2.05, 4.69) is 44.3 Å². The van der Waals surface area contributed by atoms with Crippen LogP contribution < -0.4 is 0 Å². The van der Waals surface area contributed by atoms with Crippen molar-refractivity contribution in [3.63, 3.8) is 0 Å². The number of carbonyl (C=O) groups excluding carboxylic acids is 3. The van der Waals surface area contributed by atoms with Gasteiger partial charge in [-0.05, 0) is 16.6 Å². The number of hydrogen-bond acceptors (Lipinski definition) is 9. The van der Waals surface area contributed by atoms with E-state index >= 15 is 0 Å². The largest absolute Gasteiger partial charge is 0.465 e. The maximum atomic E-state index is 12.2. The maximum Gasteiger partial charge on any atom is 0.338 e. The van der Waals surface area contributed by atoms with E-state index in [0.717, 1.165) is 21.3 Å². The Bertz CT molecular complexity index is 823. The lowest BCUT2D eigenvalue weighted by atomic mass is 9.96. The summed E-state index contributed by atoms with van der Waals surface area (Å²) in [6, 6.07) is 0. The third-order valence-electron chi connectivity index (χ3n) is 3.02. The number of ether oxygens (including phenoxy) is 3. The van der Waals surface area contributed by atoms with Crippen molar-refractivity contribution in [2.75, 3.05) is 21.3 Å². The van der Waals surface area contributed by atoms with Gasteiger partial charge in [-0.3, -0.25) is 0 Å². The Morgan fingerprint density at radius 3 is 1.00 bits per heavy atom. The van der Waals surface area contributed by atoms with E-state index in [0.29, 0.717) is 0 Å². The van der Waals surface area contributed by atoms with Crippen LogP contribution in [0.1, 0.15) is 31.1 Å². The predicted molar refractivity (Wildman–Crippen MR) is 86.9 cm³/mol. The minimum Gasteiger partial charge on any atom is -0.465 e. The molecule has 15 heteroatoms. The highest BCUT2D eigenvalue weighted by Gasteiger charge is 2.33. The Hall–Kier alpha value is -4.44. The van der Waals surface area contributed by atoms with Gasteiger partial charge in [-0.1, -0.05) is 15.3 Å². The first-order valence-corrected chi connectivity index (χ1v) is 6.57. The average Bonchev–Trinajstić information content (AvgIpc) is 2.67. The van der Waals surface area contributed by atoms with Crippen LogP contribution in [-0.4, -0.2) is 39.2 Å². The lowest BCUT2D eigenvalue weighted by Gasteiger charge is -2.17. The molecule has 0 saturated heterocycles. The van der Waals surface area contributed by atoms with Crippen LogP contribution in [0.3, 0.4) is 0 Å². The monoisotopic (exact) mass is 375 g/mol.